The van der Waals surface area contributed by atoms with Gasteiger partial charge in [0.15, 0.2) is 11.6 Å². The lowest BCUT2D eigenvalue weighted by atomic mass is 10.2. The minimum Gasteiger partial charge on any atom is -0.494 e. The van der Waals surface area contributed by atoms with Crippen LogP contribution in [0.25, 0.3) is 0 Å². The van der Waals surface area contributed by atoms with Crippen molar-refractivity contribution in [3.63, 3.8) is 0 Å². The fourth-order valence-electron chi connectivity index (χ4n) is 1.28. The smallest absolute Gasteiger partial charge is 0.296 e. The molecule has 86 valence electrons. The average Bonchev–Trinajstić information content (AvgIpc) is 2.26. The summed E-state index contributed by atoms with van der Waals surface area (Å²) in [7, 11) is 2.86. The standard InChI is InChI=1S/C9H12N4O3/c1-12(9(10)11)8-6(13(14)15)4-3-5-7(8)16-2/h3-5H,1-2H3,(H3,10,11). The molecule has 0 bridgehead atoms. The van der Waals surface area contributed by atoms with Crippen molar-refractivity contribution in [2.24, 2.45) is 5.73 Å². The molecule has 0 saturated heterocycles. The summed E-state index contributed by atoms with van der Waals surface area (Å²) >= 11 is 0. The molecule has 0 amide bonds. The van der Waals surface area contributed by atoms with Crippen LogP contribution in [-0.2, 0) is 0 Å². The zero-order valence-electron chi connectivity index (χ0n) is 8.93. The molecule has 1 aromatic carbocycles. The summed E-state index contributed by atoms with van der Waals surface area (Å²) in [6, 6.07) is 4.41. The third kappa shape index (κ3) is 2.02. The maximum absolute atomic E-state index is 10.8. The van der Waals surface area contributed by atoms with Crippen LogP contribution in [0.1, 0.15) is 0 Å². The van der Waals surface area contributed by atoms with Crippen LogP contribution in [0.3, 0.4) is 0 Å². The number of hydrogen-bond acceptors (Lipinski definition) is 4. The Balaban J connectivity index is 3.41. The number of ether oxygens (including phenoxy) is 1. The van der Waals surface area contributed by atoms with Crippen molar-refractivity contribution in [3.05, 3.63) is 28.3 Å². The monoisotopic (exact) mass is 224 g/mol. The third-order valence-electron chi connectivity index (χ3n) is 2.09. The highest BCUT2D eigenvalue weighted by Crippen LogP contribution is 2.36. The molecular weight excluding hydrogens is 212 g/mol. The summed E-state index contributed by atoms with van der Waals surface area (Å²) in [6.07, 6.45) is 0. The number of anilines is 1. The third-order valence-corrected chi connectivity index (χ3v) is 2.09. The highest BCUT2D eigenvalue weighted by Gasteiger charge is 2.22. The molecule has 0 aromatic heterocycles. The fourth-order valence-corrected chi connectivity index (χ4v) is 1.28. The first-order valence-electron chi connectivity index (χ1n) is 4.38. The Kier molecular flexibility index (Phi) is 3.29. The number of rotatable bonds is 3. The minimum atomic E-state index is -0.544. The molecule has 7 nitrogen and oxygen atoms in total. The maximum Gasteiger partial charge on any atom is 0.296 e. The van der Waals surface area contributed by atoms with Gasteiger partial charge in [0.05, 0.1) is 12.0 Å². The molecule has 0 heterocycles. The van der Waals surface area contributed by atoms with E-state index in [-0.39, 0.29) is 17.3 Å². The molecule has 7 heteroatoms. The molecule has 0 spiro atoms. The Morgan fingerprint density at radius 1 is 1.62 bits per heavy atom. The zero-order valence-corrected chi connectivity index (χ0v) is 8.93. The van der Waals surface area contributed by atoms with E-state index in [1.54, 1.807) is 6.07 Å². The summed E-state index contributed by atoms with van der Waals surface area (Å²) in [4.78, 5) is 11.5. The first kappa shape index (κ1) is 11.8. The molecule has 0 unspecified atom stereocenters. The van der Waals surface area contributed by atoms with E-state index in [0.29, 0.717) is 5.75 Å². The SMILES string of the molecule is COc1cccc([N+](=O)[O-])c1N(C)C(=N)N. The van der Waals surface area contributed by atoms with Crippen LogP contribution < -0.4 is 15.4 Å². The average molecular weight is 224 g/mol. The lowest BCUT2D eigenvalue weighted by Gasteiger charge is -2.19. The van der Waals surface area contributed by atoms with Gasteiger partial charge in [-0.1, -0.05) is 6.07 Å². The van der Waals surface area contributed by atoms with E-state index >= 15 is 0 Å². The molecule has 0 aliphatic carbocycles. The molecule has 1 rings (SSSR count). The Hall–Kier alpha value is -2.31. The van der Waals surface area contributed by atoms with Gasteiger partial charge in [0.1, 0.15) is 5.75 Å². The number of hydrogen-bond donors (Lipinski definition) is 2. The molecule has 16 heavy (non-hydrogen) atoms. The number of nitro benzene ring substituents is 1. The fraction of sp³-hybridized carbons (Fsp3) is 0.222. The van der Waals surface area contributed by atoms with Crippen molar-refractivity contribution in [1.29, 1.82) is 5.41 Å². The molecule has 0 aliphatic heterocycles. The Morgan fingerprint density at radius 2 is 2.25 bits per heavy atom. The van der Waals surface area contributed by atoms with Gasteiger partial charge in [-0.05, 0) is 6.07 Å². The van der Waals surface area contributed by atoms with Gasteiger partial charge in [0.25, 0.3) is 5.69 Å². The van der Waals surface area contributed by atoms with Crippen molar-refractivity contribution in [2.75, 3.05) is 19.1 Å². The number of nitrogens with two attached hydrogens (primary N) is 1. The van der Waals surface area contributed by atoms with Crippen LogP contribution >= 0.6 is 0 Å². The van der Waals surface area contributed by atoms with Crippen molar-refractivity contribution in [2.45, 2.75) is 0 Å². The van der Waals surface area contributed by atoms with E-state index in [4.69, 9.17) is 15.9 Å². The zero-order chi connectivity index (χ0) is 12.3. The van der Waals surface area contributed by atoms with Crippen molar-refractivity contribution in [3.8, 4) is 5.75 Å². The van der Waals surface area contributed by atoms with Crippen LogP contribution in [0, 0.1) is 15.5 Å². The van der Waals surface area contributed by atoms with Gasteiger partial charge < -0.3 is 15.4 Å². The van der Waals surface area contributed by atoms with Crippen LogP contribution in [0.4, 0.5) is 11.4 Å². The van der Waals surface area contributed by atoms with Gasteiger partial charge in [0.2, 0.25) is 0 Å². The minimum absolute atomic E-state index is 0.156. The second-order valence-electron chi connectivity index (χ2n) is 3.03. The molecule has 0 fully saturated rings. The highest BCUT2D eigenvalue weighted by molar-refractivity contribution is 5.96. The van der Waals surface area contributed by atoms with Gasteiger partial charge >= 0.3 is 0 Å². The number of nitro groups is 1. The summed E-state index contributed by atoms with van der Waals surface area (Å²) in [6.45, 7) is 0. The quantitative estimate of drug-likeness (QED) is 0.344. The maximum atomic E-state index is 10.8. The molecule has 0 saturated carbocycles. The number of nitrogens with one attached hydrogen (secondary N) is 1. The molecule has 1 aromatic rings. The van der Waals surface area contributed by atoms with E-state index in [1.165, 1.54) is 31.2 Å². The number of benzene rings is 1. The van der Waals surface area contributed by atoms with Crippen LogP contribution in [0.15, 0.2) is 18.2 Å². The number of guanidine groups is 1. The summed E-state index contributed by atoms with van der Waals surface area (Å²) in [5.74, 6) is -0.000463. The molecule has 0 atom stereocenters. The lowest BCUT2D eigenvalue weighted by Crippen LogP contribution is -2.33. The topological polar surface area (TPSA) is 105 Å². The Morgan fingerprint density at radius 3 is 2.69 bits per heavy atom. The Bertz CT molecular complexity index is 433. The van der Waals surface area contributed by atoms with E-state index in [2.05, 4.69) is 0 Å². The van der Waals surface area contributed by atoms with Gasteiger partial charge in [0, 0.05) is 13.1 Å². The summed E-state index contributed by atoms with van der Waals surface area (Å²) in [5, 5.41) is 18.1. The van der Waals surface area contributed by atoms with E-state index in [1.807, 2.05) is 0 Å². The molecule has 0 radical (unpaired) electrons. The number of para-hydroxylation sites is 1. The van der Waals surface area contributed by atoms with Gasteiger partial charge in [-0.3, -0.25) is 15.5 Å². The lowest BCUT2D eigenvalue weighted by molar-refractivity contribution is -0.384. The van der Waals surface area contributed by atoms with Crippen molar-refractivity contribution >= 4 is 17.3 Å². The molecule has 3 N–H and O–H groups in total. The molecule has 0 aliphatic rings. The van der Waals surface area contributed by atoms with Crippen LogP contribution in [-0.4, -0.2) is 25.0 Å². The predicted octanol–water partition coefficient (Wildman–Crippen LogP) is 0.933. The largest absolute Gasteiger partial charge is 0.494 e. The summed E-state index contributed by atoms with van der Waals surface area (Å²) < 4.78 is 5.01. The first-order valence-corrected chi connectivity index (χ1v) is 4.38. The van der Waals surface area contributed by atoms with Crippen LogP contribution in [0.2, 0.25) is 0 Å². The normalized spacial score (nSPS) is 9.62. The second-order valence-corrected chi connectivity index (χ2v) is 3.03. The van der Waals surface area contributed by atoms with E-state index in [0.717, 1.165) is 0 Å². The first-order chi connectivity index (χ1) is 7.49. The molecular formula is C9H12N4O3. The van der Waals surface area contributed by atoms with Gasteiger partial charge in [-0.15, -0.1) is 0 Å². The number of nitrogens with zero attached hydrogens (tertiary/aromatic N) is 2. The van der Waals surface area contributed by atoms with Crippen molar-refractivity contribution in [1.82, 2.24) is 0 Å². The van der Waals surface area contributed by atoms with Crippen LogP contribution in [0.5, 0.6) is 5.75 Å². The second kappa shape index (κ2) is 4.47. The van der Waals surface area contributed by atoms with E-state index < -0.39 is 4.92 Å². The predicted molar refractivity (Wildman–Crippen MR) is 60.0 cm³/mol. The number of methoxy groups -OCH3 is 1. The summed E-state index contributed by atoms with van der Waals surface area (Å²) in [5.41, 5.74) is 5.31. The van der Waals surface area contributed by atoms with E-state index in [9.17, 15) is 10.1 Å². The van der Waals surface area contributed by atoms with Gasteiger partial charge in [-0.2, -0.15) is 0 Å². The highest BCUT2D eigenvalue weighted by atomic mass is 16.6. The van der Waals surface area contributed by atoms with Gasteiger partial charge in [-0.25, -0.2) is 0 Å². The van der Waals surface area contributed by atoms with Crippen molar-refractivity contribution < 1.29 is 9.66 Å². The Labute approximate surface area is 92.1 Å².